The van der Waals surface area contributed by atoms with E-state index in [4.69, 9.17) is 9.15 Å². The number of hydrogen-bond acceptors (Lipinski definition) is 7. The van der Waals surface area contributed by atoms with Gasteiger partial charge in [-0.25, -0.2) is 4.98 Å². The van der Waals surface area contributed by atoms with Crippen LogP contribution in [-0.4, -0.2) is 51.3 Å². The molecular formula is C18H19N5O2. The Balaban J connectivity index is 1.50. The van der Waals surface area contributed by atoms with Gasteiger partial charge in [-0.2, -0.15) is 0 Å². The van der Waals surface area contributed by atoms with Crippen LogP contribution in [0.15, 0.2) is 34.9 Å². The highest BCUT2D eigenvalue weighted by Crippen LogP contribution is 2.23. The van der Waals surface area contributed by atoms with Crippen molar-refractivity contribution >= 4 is 23.2 Å². The van der Waals surface area contributed by atoms with Gasteiger partial charge in [0.1, 0.15) is 6.10 Å². The van der Waals surface area contributed by atoms with Crippen LogP contribution in [-0.2, 0) is 4.74 Å². The molecule has 1 fully saturated rings. The molecule has 0 unspecified atom stereocenters. The summed E-state index contributed by atoms with van der Waals surface area (Å²) in [5.41, 5.74) is 2.46. The summed E-state index contributed by atoms with van der Waals surface area (Å²) in [6.07, 6.45) is 5.22. The molecule has 2 aromatic heterocycles. The van der Waals surface area contributed by atoms with Gasteiger partial charge in [0, 0.05) is 19.2 Å². The van der Waals surface area contributed by atoms with Crippen molar-refractivity contribution in [2.75, 3.05) is 20.1 Å². The van der Waals surface area contributed by atoms with Crippen molar-refractivity contribution in [2.45, 2.75) is 19.1 Å². The highest BCUT2D eigenvalue weighted by atomic mass is 16.5. The van der Waals surface area contributed by atoms with Crippen LogP contribution in [0, 0.1) is 0 Å². The molecule has 0 aliphatic carbocycles. The number of morpholine rings is 1. The topological polar surface area (TPSA) is 77.2 Å². The highest BCUT2D eigenvalue weighted by molar-refractivity contribution is 5.76. The average molecular weight is 337 g/mol. The zero-order valence-corrected chi connectivity index (χ0v) is 14.2. The fraction of sp³-hybridized carbons (Fsp3) is 0.333. The molecule has 2 atom stereocenters. The second-order valence-corrected chi connectivity index (χ2v) is 6.25. The molecule has 1 aliphatic heterocycles. The molecule has 7 heteroatoms. The molecule has 1 aromatic carbocycles. The van der Waals surface area contributed by atoms with E-state index in [0.29, 0.717) is 11.8 Å². The first-order chi connectivity index (χ1) is 12.2. The third-order valence-corrected chi connectivity index (χ3v) is 4.04. The van der Waals surface area contributed by atoms with Crippen LogP contribution >= 0.6 is 0 Å². The zero-order valence-electron chi connectivity index (χ0n) is 14.2. The summed E-state index contributed by atoms with van der Waals surface area (Å²) in [5, 5.41) is 8.18. The van der Waals surface area contributed by atoms with E-state index >= 15 is 0 Å². The summed E-state index contributed by atoms with van der Waals surface area (Å²) in [5.74, 6) is 0.928. The van der Waals surface area contributed by atoms with Crippen LogP contribution in [0.5, 0.6) is 0 Å². The fourth-order valence-electron chi connectivity index (χ4n) is 2.95. The van der Waals surface area contributed by atoms with Crippen molar-refractivity contribution in [3.8, 4) is 0 Å². The number of rotatable bonds is 3. The molecule has 128 valence electrons. The van der Waals surface area contributed by atoms with E-state index in [9.17, 15) is 0 Å². The first kappa shape index (κ1) is 15.9. The molecule has 7 nitrogen and oxygen atoms in total. The van der Waals surface area contributed by atoms with E-state index in [1.54, 1.807) is 12.3 Å². The number of para-hydroxylation sites is 2. The Hall–Kier alpha value is -2.64. The third-order valence-electron chi connectivity index (χ3n) is 4.04. The van der Waals surface area contributed by atoms with Gasteiger partial charge in [-0.1, -0.05) is 12.1 Å². The number of ether oxygens (including phenoxy) is 1. The Morgan fingerprint density at radius 3 is 2.80 bits per heavy atom. The molecule has 0 amide bonds. The molecule has 3 aromatic rings. The van der Waals surface area contributed by atoms with Gasteiger partial charge in [0.15, 0.2) is 0 Å². The molecular weight excluding hydrogens is 318 g/mol. The first-order valence-corrected chi connectivity index (χ1v) is 8.24. The van der Waals surface area contributed by atoms with Gasteiger partial charge < -0.3 is 14.1 Å². The summed E-state index contributed by atoms with van der Waals surface area (Å²) < 4.78 is 11.6. The molecule has 1 aliphatic rings. The zero-order chi connectivity index (χ0) is 17.2. The Morgan fingerprint density at radius 1 is 1.12 bits per heavy atom. The van der Waals surface area contributed by atoms with Gasteiger partial charge in [-0.05, 0) is 32.2 Å². The van der Waals surface area contributed by atoms with E-state index < -0.39 is 0 Å². The van der Waals surface area contributed by atoms with Gasteiger partial charge in [0.05, 0.1) is 29.0 Å². The maximum atomic E-state index is 5.88. The highest BCUT2D eigenvalue weighted by Gasteiger charge is 2.28. The van der Waals surface area contributed by atoms with Gasteiger partial charge in [-0.15, -0.1) is 10.2 Å². The largest absolute Gasteiger partial charge is 0.418 e. The van der Waals surface area contributed by atoms with Crippen molar-refractivity contribution in [1.29, 1.82) is 0 Å². The van der Waals surface area contributed by atoms with E-state index in [1.807, 2.05) is 37.3 Å². The number of nitrogens with zero attached hydrogens (tertiary/aromatic N) is 5. The van der Waals surface area contributed by atoms with Crippen LogP contribution in [0.3, 0.4) is 0 Å². The maximum absolute atomic E-state index is 5.88. The molecule has 3 heterocycles. The lowest BCUT2D eigenvalue weighted by Gasteiger charge is -2.32. The number of likely N-dealkylation sites (N-methyl/N-ethyl adjacent to an activating group) is 1. The average Bonchev–Trinajstić information content (AvgIpc) is 3.08. The monoisotopic (exact) mass is 337 g/mol. The van der Waals surface area contributed by atoms with Crippen LogP contribution in [0.1, 0.15) is 30.5 Å². The van der Waals surface area contributed by atoms with E-state index in [2.05, 4.69) is 32.1 Å². The van der Waals surface area contributed by atoms with Gasteiger partial charge in [0.25, 0.3) is 0 Å². The number of fused-ring (bicyclic) bond motifs is 1. The van der Waals surface area contributed by atoms with E-state index in [-0.39, 0.29) is 12.2 Å². The van der Waals surface area contributed by atoms with Crippen LogP contribution in [0.2, 0.25) is 0 Å². The SMILES string of the molecule is C[C@@H]1CN(C)C[C@H](c2nnc(/C=C/c3cnc4ccccc4n3)o2)O1. The lowest BCUT2D eigenvalue weighted by Crippen LogP contribution is -2.40. The van der Waals surface area contributed by atoms with Gasteiger partial charge in [0.2, 0.25) is 11.8 Å². The van der Waals surface area contributed by atoms with Crippen molar-refractivity contribution in [3.05, 3.63) is 47.9 Å². The Bertz CT molecular complexity index is 897. The minimum absolute atomic E-state index is 0.141. The normalized spacial score (nSPS) is 22.0. The van der Waals surface area contributed by atoms with Crippen LogP contribution in [0.25, 0.3) is 23.2 Å². The van der Waals surface area contributed by atoms with Crippen molar-refractivity contribution in [2.24, 2.45) is 0 Å². The Kier molecular flexibility index (Phi) is 4.25. The molecule has 0 spiro atoms. The molecule has 0 saturated carbocycles. The second-order valence-electron chi connectivity index (χ2n) is 6.25. The summed E-state index contributed by atoms with van der Waals surface area (Å²) in [6, 6.07) is 7.75. The number of hydrogen-bond donors (Lipinski definition) is 0. The lowest BCUT2D eigenvalue weighted by atomic mass is 10.2. The minimum atomic E-state index is -0.191. The summed E-state index contributed by atoms with van der Waals surface area (Å²) >= 11 is 0. The van der Waals surface area contributed by atoms with Crippen molar-refractivity contribution in [3.63, 3.8) is 0 Å². The predicted molar refractivity (Wildman–Crippen MR) is 93.5 cm³/mol. The fourth-order valence-corrected chi connectivity index (χ4v) is 2.95. The molecule has 1 saturated heterocycles. The quantitative estimate of drug-likeness (QED) is 0.727. The minimum Gasteiger partial charge on any atom is -0.418 e. The first-order valence-electron chi connectivity index (χ1n) is 8.24. The molecule has 4 rings (SSSR count). The Morgan fingerprint density at radius 2 is 1.96 bits per heavy atom. The van der Waals surface area contributed by atoms with Crippen molar-refractivity contribution < 1.29 is 9.15 Å². The summed E-state index contributed by atoms with van der Waals surface area (Å²) in [4.78, 5) is 11.1. The van der Waals surface area contributed by atoms with Crippen LogP contribution < -0.4 is 0 Å². The molecule has 0 radical (unpaired) electrons. The standard InChI is InChI=1S/C18H19N5O2/c1-12-10-23(2)11-16(24-12)18-22-21-17(25-18)8-7-13-9-19-14-5-3-4-6-15(14)20-13/h3-9,12,16H,10-11H2,1-2H3/b8-7+/t12-,16-/m1/s1. The predicted octanol–water partition coefficient (Wildman–Crippen LogP) is 2.57. The number of benzene rings is 1. The second kappa shape index (κ2) is 6.70. The Labute approximate surface area is 145 Å². The molecule has 0 bridgehead atoms. The van der Waals surface area contributed by atoms with Crippen LogP contribution in [0.4, 0.5) is 0 Å². The van der Waals surface area contributed by atoms with E-state index in [0.717, 1.165) is 29.8 Å². The van der Waals surface area contributed by atoms with Gasteiger partial charge >= 0.3 is 0 Å². The molecule has 0 N–H and O–H groups in total. The third kappa shape index (κ3) is 3.57. The summed E-state index contributed by atoms with van der Waals surface area (Å²) in [6.45, 7) is 3.68. The smallest absolute Gasteiger partial charge is 0.246 e. The number of aromatic nitrogens is 4. The maximum Gasteiger partial charge on any atom is 0.246 e. The lowest BCUT2D eigenvalue weighted by molar-refractivity contribution is -0.0823. The molecule has 25 heavy (non-hydrogen) atoms. The summed E-state index contributed by atoms with van der Waals surface area (Å²) in [7, 11) is 2.06. The van der Waals surface area contributed by atoms with E-state index in [1.165, 1.54) is 0 Å². The van der Waals surface area contributed by atoms with Crippen molar-refractivity contribution in [1.82, 2.24) is 25.1 Å². The van der Waals surface area contributed by atoms with Gasteiger partial charge in [-0.3, -0.25) is 4.98 Å².